The Morgan fingerprint density at radius 1 is 1.17 bits per heavy atom. The average Bonchev–Trinajstić information content (AvgIpc) is 3.21. The van der Waals surface area contributed by atoms with Crippen LogP contribution < -0.4 is 20.1 Å². The minimum atomic E-state index is -0.472. The Morgan fingerprint density at radius 3 is 2.67 bits per heavy atom. The number of carbonyl (C=O) groups is 1. The van der Waals surface area contributed by atoms with Crippen molar-refractivity contribution in [1.29, 1.82) is 0 Å². The Hall–Kier alpha value is -3.33. The average molecular weight is 470 g/mol. The summed E-state index contributed by atoms with van der Waals surface area (Å²) < 4.78 is 13.2. The molecular weight excluding hydrogens is 450 g/mol. The van der Waals surface area contributed by atoms with Crippen molar-refractivity contribution in [2.24, 2.45) is 0 Å². The van der Waals surface area contributed by atoms with E-state index in [0.717, 1.165) is 10.0 Å². The quantitative estimate of drug-likeness (QED) is 0.587. The molecule has 30 heavy (non-hydrogen) atoms. The number of methoxy groups -OCH3 is 2. The molecule has 0 saturated heterocycles. The molecule has 1 aromatic heterocycles. The molecule has 3 aromatic rings. The molecule has 2 aromatic carbocycles. The first kappa shape index (κ1) is 20.0. The van der Waals surface area contributed by atoms with Crippen LogP contribution in [-0.2, 0) is 4.79 Å². The highest BCUT2D eigenvalue weighted by Crippen LogP contribution is 2.38. The number of ether oxygens (including phenoxy) is 2. The summed E-state index contributed by atoms with van der Waals surface area (Å²) in [6, 6.07) is 12.5. The number of nitrogens with zero attached hydrogens (tertiary/aromatic N) is 3. The molecule has 154 valence electrons. The number of para-hydroxylation sites is 2. The van der Waals surface area contributed by atoms with Gasteiger partial charge in [-0.25, -0.2) is 4.68 Å². The Morgan fingerprint density at radius 2 is 1.93 bits per heavy atom. The van der Waals surface area contributed by atoms with Gasteiger partial charge in [0.1, 0.15) is 23.9 Å². The molecule has 0 aliphatic carbocycles. The maximum Gasteiger partial charge on any atom is 0.255 e. The summed E-state index contributed by atoms with van der Waals surface area (Å²) >= 11 is 3.53. The van der Waals surface area contributed by atoms with E-state index in [4.69, 9.17) is 9.47 Å². The van der Waals surface area contributed by atoms with Gasteiger partial charge in [-0.15, -0.1) is 0 Å². The minimum absolute atomic E-state index is 0.261. The zero-order chi connectivity index (χ0) is 21.3. The number of carbonyl (C=O) groups excluding carboxylic acids is 1. The molecule has 2 heterocycles. The molecule has 0 bridgehead atoms. The monoisotopic (exact) mass is 469 g/mol. The van der Waals surface area contributed by atoms with Crippen molar-refractivity contribution in [3.8, 4) is 11.5 Å². The van der Waals surface area contributed by atoms with Crippen molar-refractivity contribution in [2.75, 3.05) is 24.9 Å². The predicted molar refractivity (Wildman–Crippen MR) is 117 cm³/mol. The molecular formula is C21H20BrN5O3. The van der Waals surface area contributed by atoms with E-state index >= 15 is 0 Å². The van der Waals surface area contributed by atoms with E-state index in [1.807, 2.05) is 37.3 Å². The molecule has 4 rings (SSSR count). The molecule has 1 aliphatic heterocycles. The molecule has 1 aliphatic rings. The maximum absolute atomic E-state index is 13.4. The smallest absolute Gasteiger partial charge is 0.255 e. The summed E-state index contributed by atoms with van der Waals surface area (Å²) in [6.07, 6.45) is 1.46. The van der Waals surface area contributed by atoms with Gasteiger partial charge < -0.3 is 20.1 Å². The van der Waals surface area contributed by atoms with Crippen LogP contribution in [0.4, 0.5) is 11.6 Å². The fourth-order valence-electron chi connectivity index (χ4n) is 3.48. The van der Waals surface area contributed by atoms with Gasteiger partial charge in [-0.3, -0.25) is 4.79 Å². The number of aromatic nitrogens is 3. The third kappa shape index (κ3) is 3.52. The van der Waals surface area contributed by atoms with Gasteiger partial charge in [-0.05, 0) is 52.7 Å². The highest BCUT2D eigenvalue weighted by Gasteiger charge is 2.34. The lowest BCUT2D eigenvalue weighted by molar-refractivity contribution is -0.113. The van der Waals surface area contributed by atoms with Gasteiger partial charge in [-0.2, -0.15) is 10.1 Å². The van der Waals surface area contributed by atoms with Crippen molar-refractivity contribution in [1.82, 2.24) is 14.8 Å². The van der Waals surface area contributed by atoms with Crippen LogP contribution in [0.25, 0.3) is 0 Å². The third-order valence-electron chi connectivity index (χ3n) is 4.89. The SMILES string of the molecule is COc1ccc([C@@H]2C(C(=O)Nc3ccccc3OC)=C(C)Nc3ncnn32)cc1Br. The standard InChI is InChI=1S/C21H20BrN5O3/c1-12-18(20(28)26-15-6-4-5-7-17(15)30-3)19(27-21(25-12)23-11-24-27)13-8-9-16(29-2)14(22)10-13/h4-11,19H,1-3H3,(H,26,28)(H,23,24,25)/t19-/m1/s1. The number of nitrogens with one attached hydrogen (secondary N) is 2. The lowest BCUT2D eigenvalue weighted by Crippen LogP contribution is -2.31. The second-order valence-corrected chi connectivity index (χ2v) is 7.50. The summed E-state index contributed by atoms with van der Waals surface area (Å²) in [5, 5.41) is 10.5. The van der Waals surface area contributed by atoms with E-state index in [-0.39, 0.29) is 5.91 Å². The molecule has 0 radical (unpaired) electrons. The normalized spacial score (nSPS) is 15.3. The van der Waals surface area contributed by atoms with E-state index in [0.29, 0.717) is 34.4 Å². The summed E-state index contributed by atoms with van der Waals surface area (Å²) in [4.78, 5) is 17.7. The van der Waals surface area contributed by atoms with E-state index in [9.17, 15) is 4.79 Å². The summed E-state index contributed by atoms with van der Waals surface area (Å²) in [5.41, 5.74) is 2.67. The van der Waals surface area contributed by atoms with Crippen LogP contribution in [0.1, 0.15) is 18.5 Å². The van der Waals surface area contributed by atoms with Crippen LogP contribution in [0.5, 0.6) is 11.5 Å². The number of rotatable bonds is 5. The van der Waals surface area contributed by atoms with Gasteiger partial charge in [-0.1, -0.05) is 18.2 Å². The zero-order valence-corrected chi connectivity index (χ0v) is 18.2. The van der Waals surface area contributed by atoms with Gasteiger partial charge in [0.25, 0.3) is 5.91 Å². The zero-order valence-electron chi connectivity index (χ0n) is 16.6. The van der Waals surface area contributed by atoms with Gasteiger partial charge in [0.15, 0.2) is 0 Å². The van der Waals surface area contributed by atoms with Crippen LogP contribution >= 0.6 is 15.9 Å². The van der Waals surface area contributed by atoms with Crippen LogP contribution in [0.2, 0.25) is 0 Å². The lowest BCUT2D eigenvalue weighted by Gasteiger charge is -2.29. The molecule has 0 fully saturated rings. The molecule has 1 amide bonds. The van der Waals surface area contributed by atoms with Gasteiger partial charge in [0, 0.05) is 5.70 Å². The van der Waals surface area contributed by atoms with Crippen LogP contribution in [0, 0.1) is 0 Å². The summed E-state index contributed by atoms with van der Waals surface area (Å²) in [7, 11) is 3.17. The number of hydrogen-bond acceptors (Lipinski definition) is 6. The Kier molecular flexibility index (Phi) is 5.45. The molecule has 8 nitrogen and oxygen atoms in total. The highest BCUT2D eigenvalue weighted by molar-refractivity contribution is 9.10. The molecule has 0 spiro atoms. The third-order valence-corrected chi connectivity index (χ3v) is 5.51. The molecule has 1 atom stereocenters. The molecule has 0 saturated carbocycles. The Bertz CT molecular complexity index is 1140. The second kappa shape index (κ2) is 8.19. The molecule has 0 unspecified atom stereocenters. The highest BCUT2D eigenvalue weighted by atomic mass is 79.9. The van der Waals surface area contributed by atoms with E-state index in [1.54, 1.807) is 31.0 Å². The van der Waals surface area contributed by atoms with E-state index < -0.39 is 6.04 Å². The van der Waals surface area contributed by atoms with Gasteiger partial charge in [0.05, 0.1) is 30.0 Å². The van der Waals surface area contributed by atoms with Crippen molar-refractivity contribution < 1.29 is 14.3 Å². The van der Waals surface area contributed by atoms with Crippen molar-refractivity contribution in [3.05, 3.63) is 70.1 Å². The van der Waals surface area contributed by atoms with Gasteiger partial charge >= 0.3 is 0 Å². The van der Waals surface area contributed by atoms with Crippen molar-refractivity contribution >= 4 is 33.5 Å². The molecule has 9 heteroatoms. The number of allylic oxidation sites excluding steroid dienone is 1. The largest absolute Gasteiger partial charge is 0.496 e. The summed E-state index contributed by atoms with van der Waals surface area (Å²) in [6.45, 7) is 1.85. The van der Waals surface area contributed by atoms with Crippen LogP contribution in [0.3, 0.4) is 0 Å². The Balaban J connectivity index is 1.78. The number of amides is 1. The second-order valence-electron chi connectivity index (χ2n) is 6.64. The number of halogens is 1. The maximum atomic E-state index is 13.4. The number of anilines is 2. The summed E-state index contributed by atoms with van der Waals surface area (Å²) in [5.74, 6) is 1.59. The molecule has 2 N–H and O–H groups in total. The first-order chi connectivity index (χ1) is 14.5. The Labute approximate surface area is 182 Å². The number of hydrogen-bond donors (Lipinski definition) is 2. The fourth-order valence-corrected chi connectivity index (χ4v) is 4.04. The van der Waals surface area contributed by atoms with Crippen LogP contribution in [-0.4, -0.2) is 34.9 Å². The number of benzene rings is 2. The van der Waals surface area contributed by atoms with Crippen molar-refractivity contribution in [2.45, 2.75) is 13.0 Å². The van der Waals surface area contributed by atoms with Crippen molar-refractivity contribution in [3.63, 3.8) is 0 Å². The number of fused-ring (bicyclic) bond motifs is 1. The van der Waals surface area contributed by atoms with Crippen LogP contribution in [0.15, 0.2) is 64.5 Å². The first-order valence-corrected chi connectivity index (χ1v) is 9.98. The minimum Gasteiger partial charge on any atom is -0.496 e. The fraction of sp³-hybridized carbons (Fsp3) is 0.190. The predicted octanol–water partition coefficient (Wildman–Crippen LogP) is 3.99. The first-order valence-electron chi connectivity index (χ1n) is 9.18. The topological polar surface area (TPSA) is 90.3 Å². The van der Waals surface area contributed by atoms with E-state index in [1.165, 1.54) is 6.33 Å². The van der Waals surface area contributed by atoms with E-state index in [2.05, 4.69) is 36.6 Å². The lowest BCUT2D eigenvalue weighted by atomic mass is 9.95. The van der Waals surface area contributed by atoms with Gasteiger partial charge in [0.2, 0.25) is 5.95 Å².